The number of pyridine rings is 1. The predicted molar refractivity (Wildman–Crippen MR) is 102 cm³/mol. The average molecular weight is 343 g/mol. The van der Waals surface area contributed by atoms with Crippen LogP contribution in [0.2, 0.25) is 0 Å². The van der Waals surface area contributed by atoms with Crippen molar-refractivity contribution in [3.05, 3.63) is 82.9 Å². The highest BCUT2D eigenvalue weighted by molar-refractivity contribution is 6.05. The number of methoxy groups -OCH3 is 1. The van der Waals surface area contributed by atoms with Crippen molar-refractivity contribution >= 4 is 28.7 Å². The molecule has 0 radical (unpaired) electrons. The lowest BCUT2D eigenvalue weighted by Gasteiger charge is -2.07. The van der Waals surface area contributed by atoms with Crippen molar-refractivity contribution in [3.63, 3.8) is 0 Å². The molecule has 4 nitrogen and oxygen atoms in total. The Bertz CT molecular complexity index is 1070. The van der Waals surface area contributed by atoms with Gasteiger partial charge in [0.05, 0.1) is 18.2 Å². The number of fused-ring (bicyclic) bond motifs is 1. The van der Waals surface area contributed by atoms with Crippen LogP contribution in [0.15, 0.2) is 66.2 Å². The fourth-order valence-electron chi connectivity index (χ4n) is 2.96. The number of carbonyl (C=O) groups is 1. The molecule has 3 aromatic rings. The van der Waals surface area contributed by atoms with Crippen molar-refractivity contribution < 1.29 is 14.3 Å². The number of aromatic nitrogens is 1. The smallest absolute Gasteiger partial charge is 0.343 e. The molecule has 0 unspecified atom stereocenters. The van der Waals surface area contributed by atoms with E-state index in [4.69, 9.17) is 9.47 Å². The molecule has 0 N–H and O–H groups in total. The molecule has 0 saturated carbocycles. The predicted octanol–water partition coefficient (Wildman–Crippen LogP) is 4.53. The number of cyclic esters (lactones) is 1. The Balaban J connectivity index is 1.80. The Kier molecular flexibility index (Phi) is 4.01. The number of hydrogen-bond acceptors (Lipinski definition) is 4. The normalized spacial score (nSPS) is 15.2. The van der Waals surface area contributed by atoms with E-state index in [2.05, 4.69) is 11.1 Å². The first-order valence-electron chi connectivity index (χ1n) is 8.30. The molecule has 1 aliphatic heterocycles. The van der Waals surface area contributed by atoms with Gasteiger partial charge < -0.3 is 9.47 Å². The molecule has 0 aliphatic carbocycles. The molecule has 0 spiro atoms. The van der Waals surface area contributed by atoms with Gasteiger partial charge in [-0.05, 0) is 37.3 Å². The SMILES string of the molecule is COc1nc2ccc(C)cc2cc1/C=C1/C=C(c2ccccc2)OC1=O. The maximum atomic E-state index is 12.3. The number of esters is 1. The molecule has 0 amide bonds. The summed E-state index contributed by atoms with van der Waals surface area (Å²) in [6, 6.07) is 17.5. The summed E-state index contributed by atoms with van der Waals surface area (Å²) >= 11 is 0. The van der Waals surface area contributed by atoms with Gasteiger partial charge in [-0.15, -0.1) is 0 Å². The molecule has 26 heavy (non-hydrogen) atoms. The van der Waals surface area contributed by atoms with Crippen molar-refractivity contribution in [1.82, 2.24) is 4.98 Å². The Morgan fingerprint density at radius 3 is 2.65 bits per heavy atom. The quantitative estimate of drug-likeness (QED) is 0.518. The van der Waals surface area contributed by atoms with Gasteiger partial charge >= 0.3 is 5.97 Å². The summed E-state index contributed by atoms with van der Waals surface area (Å²) < 4.78 is 10.8. The number of hydrogen-bond donors (Lipinski definition) is 0. The number of ether oxygens (including phenoxy) is 2. The Hall–Kier alpha value is -3.40. The lowest BCUT2D eigenvalue weighted by atomic mass is 10.1. The first kappa shape index (κ1) is 16.1. The van der Waals surface area contributed by atoms with E-state index in [1.807, 2.05) is 55.5 Å². The maximum absolute atomic E-state index is 12.3. The number of nitrogens with zero attached hydrogens (tertiary/aromatic N) is 1. The van der Waals surface area contributed by atoms with Crippen molar-refractivity contribution in [2.24, 2.45) is 0 Å². The third-order valence-electron chi connectivity index (χ3n) is 4.25. The number of aryl methyl sites for hydroxylation is 1. The number of rotatable bonds is 3. The van der Waals surface area contributed by atoms with Crippen LogP contribution in [-0.4, -0.2) is 18.1 Å². The summed E-state index contributed by atoms with van der Waals surface area (Å²) in [6.07, 6.45) is 3.50. The molecular formula is C22H17NO3. The lowest BCUT2D eigenvalue weighted by Crippen LogP contribution is -1.98. The van der Waals surface area contributed by atoms with Gasteiger partial charge in [-0.3, -0.25) is 0 Å². The van der Waals surface area contributed by atoms with Crippen LogP contribution in [0.3, 0.4) is 0 Å². The molecule has 4 rings (SSSR count). The third-order valence-corrected chi connectivity index (χ3v) is 4.25. The van der Waals surface area contributed by atoms with E-state index in [0.717, 1.165) is 27.6 Å². The summed E-state index contributed by atoms with van der Waals surface area (Å²) in [4.78, 5) is 16.8. The highest BCUT2D eigenvalue weighted by Crippen LogP contribution is 2.30. The van der Waals surface area contributed by atoms with Gasteiger partial charge in [-0.2, -0.15) is 0 Å². The van der Waals surface area contributed by atoms with Gasteiger partial charge in [0, 0.05) is 16.5 Å². The van der Waals surface area contributed by atoms with E-state index in [1.165, 1.54) is 0 Å². The van der Waals surface area contributed by atoms with Crippen molar-refractivity contribution in [2.75, 3.05) is 7.11 Å². The Morgan fingerprint density at radius 2 is 1.88 bits per heavy atom. The second-order valence-electron chi connectivity index (χ2n) is 6.15. The van der Waals surface area contributed by atoms with Crippen LogP contribution in [-0.2, 0) is 9.53 Å². The highest BCUT2D eigenvalue weighted by atomic mass is 16.5. The number of carbonyl (C=O) groups excluding carboxylic acids is 1. The van der Waals surface area contributed by atoms with Gasteiger partial charge in [0.25, 0.3) is 0 Å². The van der Waals surface area contributed by atoms with Gasteiger partial charge in [0.1, 0.15) is 5.76 Å². The standard InChI is InChI=1S/C22H17NO3/c1-14-8-9-19-16(10-14)11-17(21(23-19)25-2)12-18-13-20(26-22(18)24)15-6-4-3-5-7-15/h3-13H,1-2H3/b18-12-. The summed E-state index contributed by atoms with van der Waals surface area (Å²) in [6.45, 7) is 2.03. The maximum Gasteiger partial charge on any atom is 0.343 e. The second-order valence-corrected chi connectivity index (χ2v) is 6.15. The van der Waals surface area contributed by atoms with Crippen LogP contribution in [0.25, 0.3) is 22.7 Å². The first-order valence-corrected chi connectivity index (χ1v) is 8.30. The highest BCUT2D eigenvalue weighted by Gasteiger charge is 2.22. The minimum Gasteiger partial charge on any atom is -0.481 e. The molecule has 128 valence electrons. The zero-order valence-electron chi connectivity index (χ0n) is 14.5. The largest absolute Gasteiger partial charge is 0.481 e. The second kappa shape index (κ2) is 6.48. The molecule has 2 heterocycles. The first-order chi connectivity index (χ1) is 12.6. The van der Waals surface area contributed by atoms with E-state index in [1.54, 1.807) is 19.3 Å². The summed E-state index contributed by atoms with van der Waals surface area (Å²) in [5.41, 5.74) is 4.07. The Labute approximate surface area is 151 Å². The van der Waals surface area contributed by atoms with Crippen LogP contribution in [0.5, 0.6) is 5.88 Å². The van der Waals surface area contributed by atoms with E-state index in [9.17, 15) is 4.79 Å². The molecule has 1 aliphatic rings. The summed E-state index contributed by atoms with van der Waals surface area (Å²) in [7, 11) is 1.57. The molecule has 0 bridgehead atoms. The number of benzene rings is 2. The average Bonchev–Trinajstić information content (AvgIpc) is 3.02. The zero-order chi connectivity index (χ0) is 18.1. The van der Waals surface area contributed by atoms with E-state index in [0.29, 0.717) is 17.2 Å². The lowest BCUT2D eigenvalue weighted by molar-refractivity contribution is -0.130. The van der Waals surface area contributed by atoms with Crippen molar-refractivity contribution in [3.8, 4) is 5.88 Å². The van der Waals surface area contributed by atoms with Crippen LogP contribution in [0.4, 0.5) is 0 Å². The monoisotopic (exact) mass is 343 g/mol. The van der Waals surface area contributed by atoms with Crippen molar-refractivity contribution in [1.29, 1.82) is 0 Å². The van der Waals surface area contributed by atoms with Gasteiger partial charge in [0.2, 0.25) is 5.88 Å². The van der Waals surface area contributed by atoms with E-state index < -0.39 is 0 Å². The minimum atomic E-state index is -0.379. The molecular weight excluding hydrogens is 326 g/mol. The van der Waals surface area contributed by atoms with E-state index >= 15 is 0 Å². The van der Waals surface area contributed by atoms with E-state index in [-0.39, 0.29) is 5.97 Å². The fraction of sp³-hybridized carbons (Fsp3) is 0.0909. The molecule has 0 atom stereocenters. The Morgan fingerprint density at radius 1 is 1.08 bits per heavy atom. The fourth-order valence-corrected chi connectivity index (χ4v) is 2.96. The topological polar surface area (TPSA) is 48.4 Å². The van der Waals surface area contributed by atoms with Crippen molar-refractivity contribution in [2.45, 2.75) is 6.92 Å². The van der Waals surface area contributed by atoms with Crippen LogP contribution in [0.1, 0.15) is 16.7 Å². The molecule has 0 fully saturated rings. The molecule has 4 heteroatoms. The van der Waals surface area contributed by atoms with Gasteiger partial charge in [-0.1, -0.05) is 42.0 Å². The van der Waals surface area contributed by atoms with Gasteiger partial charge in [0.15, 0.2) is 0 Å². The van der Waals surface area contributed by atoms with Crippen LogP contribution >= 0.6 is 0 Å². The molecule has 1 aromatic heterocycles. The molecule has 2 aromatic carbocycles. The summed E-state index contributed by atoms with van der Waals surface area (Å²) in [5.74, 6) is 0.642. The van der Waals surface area contributed by atoms with Crippen LogP contribution in [0, 0.1) is 6.92 Å². The van der Waals surface area contributed by atoms with Gasteiger partial charge in [-0.25, -0.2) is 9.78 Å². The molecule has 0 saturated heterocycles. The third kappa shape index (κ3) is 2.97. The zero-order valence-corrected chi connectivity index (χ0v) is 14.5. The van der Waals surface area contributed by atoms with Crippen LogP contribution < -0.4 is 4.74 Å². The summed E-state index contributed by atoms with van der Waals surface area (Å²) in [5, 5.41) is 0.997. The minimum absolute atomic E-state index is 0.379.